The Kier molecular flexibility index (Phi) is 3.45. The van der Waals surface area contributed by atoms with Gasteiger partial charge in [-0.3, -0.25) is 0 Å². The van der Waals surface area contributed by atoms with Crippen molar-refractivity contribution in [2.45, 2.75) is 26.3 Å². The molecule has 0 bridgehead atoms. The van der Waals surface area contributed by atoms with Crippen molar-refractivity contribution in [3.8, 4) is 0 Å². The highest BCUT2D eigenvalue weighted by Crippen LogP contribution is 2.31. The van der Waals surface area contributed by atoms with E-state index in [-0.39, 0.29) is 5.54 Å². The molecule has 0 saturated heterocycles. The van der Waals surface area contributed by atoms with Crippen LogP contribution < -0.4 is 11.1 Å². The van der Waals surface area contributed by atoms with E-state index in [0.29, 0.717) is 6.61 Å². The molecule has 0 saturated carbocycles. The van der Waals surface area contributed by atoms with Crippen molar-refractivity contribution in [2.24, 2.45) is 0 Å². The third kappa shape index (κ3) is 2.73. The molecular formula is C13H19N3OS. The van der Waals surface area contributed by atoms with Crippen molar-refractivity contribution in [3.63, 3.8) is 0 Å². The molecule has 0 spiro atoms. The van der Waals surface area contributed by atoms with Gasteiger partial charge in [-0.15, -0.1) is 11.3 Å². The van der Waals surface area contributed by atoms with E-state index < -0.39 is 0 Å². The van der Waals surface area contributed by atoms with Crippen LogP contribution in [0.2, 0.25) is 0 Å². The van der Waals surface area contributed by atoms with Crippen molar-refractivity contribution in [3.05, 3.63) is 17.1 Å². The first kappa shape index (κ1) is 13.1. The molecule has 0 amide bonds. The summed E-state index contributed by atoms with van der Waals surface area (Å²) in [6.45, 7) is 6.77. The van der Waals surface area contributed by atoms with Gasteiger partial charge in [-0.05, 0) is 32.9 Å². The molecule has 98 valence electrons. The van der Waals surface area contributed by atoms with E-state index in [1.165, 1.54) is 0 Å². The second kappa shape index (κ2) is 4.74. The van der Waals surface area contributed by atoms with Crippen LogP contribution in [0, 0.1) is 6.92 Å². The maximum atomic E-state index is 6.07. The van der Waals surface area contributed by atoms with Gasteiger partial charge in [0.25, 0.3) is 0 Å². The predicted molar refractivity (Wildman–Crippen MR) is 78.3 cm³/mol. The van der Waals surface area contributed by atoms with Gasteiger partial charge in [-0.2, -0.15) is 0 Å². The zero-order valence-corrected chi connectivity index (χ0v) is 12.0. The highest BCUT2D eigenvalue weighted by Gasteiger charge is 2.18. The topological polar surface area (TPSA) is 60.2 Å². The van der Waals surface area contributed by atoms with Crippen molar-refractivity contribution < 1.29 is 4.74 Å². The Morgan fingerprint density at radius 2 is 2.17 bits per heavy atom. The summed E-state index contributed by atoms with van der Waals surface area (Å²) in [4.78, 5) is 4.48. The first-order valence-electron chi connectivity index (χ1n) is 5.85. The van der Waals surface area contributed by atoms with Gasteiger partial charge < -0.3 is 15.8 Å². The maximum Gasteiger partial charge on any atom is 0.0907 e. The summed E-state index contributed by atoms with van der Waals surface area (Å²) in [7, 11) is 1.69. The van der Waals surface area contributed by atoms with Crippen LogP contribution in [-0.4, -0.2) is 24.2 Å². The van der Waals surface area contributed by atoms with Crippen LogP contribution in [0.1, 0.15) is 18.9 Å². The van der Waals surface area contributed by atoms with Gasteiger partial charge in [0.1, 0.15) is 0 Å². The van der Waals surface area contributed by atoms with E-state index in [1.807, 2.05) is 19.1 Å². The lowest BCUT2D eigenvalue weighted by Crippen LogP contribution is -2.36. The van der Waals surface area contributed by atoms with Gasteiger partial charge in [-0.1, -0.05) is 0 Å². The number of benzene rings is 1. The van der Waals surface area contributed by atoms with Crippen molar-refractivity contribution in [1.29, 1.82) is 0 Å². The fourth-order valence-electron chi connectivity index (χ4n) is 1.97. The average molecular weight is 265 g/mol. The number of rotatable bonds is 4. The summed E-state index contributed by atoms with van der Waals surface area (Å²) in [5, 5.41) is 4.46. The Morgan fingerprint density at radius 3 is 2.83 bits per heavy atom. The fourth-order valence-corrected chi connectivity index (χ4v) is 2.83. The summed E-state index contributed by atoms with van der Waals surface area (Å²) in [5.41, 5.74) is 8.56. The maximum absolute atomic E-state index is 6.07. The monoisotopic (exact) mass is 265 g/mol. The number of hydrogen-bond donors (Lipinski definition) is 2. The molecule has 2 rings (SSSR count). The van der Waals surface area contributed by atoms with Gasteiger partial charge in [0.15, 0.2) is 0 Å². The van der Waals surface area contributed by atoms with Crippen LogP contribution in [0.4, 0.5) is 11.4 Å². The molecule has 0 fully saturated rings. The van der Waals surface area contributed by atoms with Crippen LogP contribution in [0.5, 0.6) is 0 Å². The number of fused-ring (bicyclic) bond motifs is 1. The molecule has 5 heteroatoms. The van der Waals surface area contributed by atoms with Gasteiger partial charge in [0.05, 0.1) is 38.7 Å². The molecule has 18 heavy (non-hydrogen) atoms. The minimum absolute atomic E-state index is 0.165. The molecule has 4 nitrogen and oxygen atoms in total. The minimum Gasteiger partial charge on any atom is -0.397 e. The summed E-state index contributed by atoms with van der Waals surface area (Å²) >= 11 is 1.66. The number of nitrogens with two attached hydrogens (primary N) is 1. The lowest BCUT2D eigenvalue weighted by molar-refractivity contribution is 0.158. The highest BCUT2D eigenvalue weighted by atomic mass is 32.1. The second-order valence-electron chi connectivity index (χ2n) is 5.08. The third-order valence-corrected chi connectivity index (χ3v) is 3.58. The number of methoxy groups -OCH3 is 1. The Labute approximate surface area is 111 Å². The van der Waals surface area contributed by atoms with Gasteiger partial charge in [-0.25, -0.2) is 4.98 Å². The number of nitrogens with one attached hydrogen (secondary N) is 1. The first-order valence-corrected chi connectivity index (χ1v) is 6.67. The number of aromatic nitrogens is 1. The molecule has 0 radical (unpaired) electrons. The van der Waals surface area contributed by atoms with Crippen molar-refractivity contribution in [1.82, 2.24) is 4.98 Å². The summed E-state index contributed by atoms with van der Waals surface area (Å²) in [5.74, 6) is 0. The molecule has 0 unspecified atom stereocenters. The summed E-state index contributed by atoms with van der Waals surface area (Å²) < 4.78 is 6.32. The smallest absolute Gasteiger partial charge is 0.0907 e. The molecule has 1 heterocycles. The zero-order chi connectivity index (χ0) is 13.3. The van der Waals surface area contributed by atoms with E-state index in [4.69, 9.17) is 10.5 Å². The SMILES string of the molecule is COCC(C)(C)Nc1cc2nc(C)sc2cc1N. The van der Waals surface area contributed by atoms with Crippen LogP contribution in [0.25, 0.3) is 10.2 Å². The van der Waals surface area contributed by atoms with Crippen LogP contribution >= 0.6 is 11.3 Å². The number of nitrogen functional groups attached to an aromatic ring is 1. The van der Waals surface area contributed by atoms with E-state index in [9.17, 15) is 0 Å². The Balaban J connectivity index is 2.35. The van der Waals surface area contributed by atoms with Gasteiger partial charge in [0.2, 0.25) is 0 Å². The van der Waals surface area contributed by atoms with E-state index in [1.54, 1.807) is 18.4 Å². The number of hydrogen-bond acceptors (Lipinski definition) is 5. The normalized spacial score (nSPS) is 12.0. The van der Waals surface area contributed by atoms with E-state index in [2.05, 4.69) is 24.1 Å². The number of anilines is 2. The third-order valence-electron chi connectivity index (χ3n) is 2.64. The largest absolute Gasteiger partial charge is 0.397 e. The highest BCUT2D eigenvalue weighted by molar-refractivity contribution is 7.18. The lowest BCUT2D eigenvalue weighted by Gasteiger charge is -2.27. The van der Waals surface area contributed by atoms with Crippen LogP contribution in [-0.2, 0) is 4.74 Å². The van der Waals surface area contributed by atoms with Crippen LogP contribution in [0.15, 0.2) is 12.1 Å². The molecular weight excluding hydrogens is 246 g/mol. The number of ether oxygens (including phenoxy) is 1. The lowest BCUT2D eigenvalue weighted by atomic mass is 10.1. The molecule has 1 aromatic carbocycles. The molecule has 3 N–H and O–H groups in total. The first-order chi connectivity index (χ1) is 8.41. The van der Waals surface area contributed by atoms with Gasteiger partial charge >= 0.3 is 0 Å². The molecule has 2 aromatic rings. The zero-order valence-electron chi connectivity index (χ0n) is 11.2. The number of aryl methyl sites for hydroxylation is 1. The number of thiazole rings is 1. The molecule has 0 atom stereocenters. The standard InChI is InChI=1S/C13H19N3OS/c1-8-15-11-6-10(9(14)5-12(11)18-8)16-13(2,3)7-17-4/h5-6,16H,7,14H2,1-4H3. The molecule has 0 aliphatic heterocycles. The minimum atomic E-state index is -0.165. The molecule has 0 aliphatic carbocycles. The summed E-state index contributed by atoms with van der Waals surface area (Å²) in [6, 6.07) is 3.98. The number of nitrogens with zero attached hydrogens (tertiary/aromatic N) is 1. The molecule has 0 aliphatic rings. The fraction of sp³-hybridized carbons (Fsp3) is 0.462. The summed E-state index contributed by atoms with van der Waals surface area (Å²) in [6.07, 6.45) is 0. The Morgan fingerprint density at radius 1 is 1.44 bits per heavy atom. The predicted octanol–water partition coefficient (Wildman–Crippen LogP) is 3.02. The quantitative estimate of drug-likeness (QED) is 0.834. The van der Waals surface area contributed by atoms with E-state index in [0.717, 1.165) is 26.6 Å². The Bertz CT molecular complexity index is 563. The Hall–Kier alpha value is -1.33. The average Bonchev–Trinajstić information content (AvgIpc) is 2.57. The second-order valence-corrected chi connectivity index (χ2v) is 6.32. The van der Waals surface area contributed by atoms with E-state index >= 15 is 0 Å². The van der Waals surface area contributed by atoms with Gasteiger partial charge in [0, 0.05) is 7.11 Å². The van der Waals surface area contributed by atoms with Crippen LogP contribution in [0.3, 0.4) is 0 Å². The van der Waals surface area contributed by atoms with Crippen molar-refractivity contribution in [2.75, 3.05) is 24.8 Å². The van der Waals surface area contributed by atoms with Crippen molar-refractivity contribution >= 4 is 32.9 Å². The molecule has 1 aromatic heterocycles.